The van der Waals surface area contributed by atoms with E-state index >= 15 is 0 Å². The molecule has 0 spiro atoms. The Kier molecular flexibility index (Phi) is 22.8. The minimum atomic E-state index is 0. The van der Waals surface area contributed by atoms with Gasteiger partial charge in [0.25, 0.3) is 0 Å². The molecule has 4 N–H and O–H groups in total. The third-order valence-corrected chi connectivity index (χ3v) is 4.31. The third-order valence-electron chi connectivity index (χ3n) is 4.31. The third kappa shape index (κ3) is 17.9. The van der Waals surface area contributed by atoms with Crippen LogP contribution in [-0.2, 0) is 0 Å². The van der Waals surface area contributed by atoms with Gasteiger partial charge in [-0.25, -0.2) is 0 Å². The molecule has 0 aliphatic rings. The highest BCUT2D eigenvalue weighted by Gasteiger charge is 2.05. The number of hydrogen-bond acceptors (Lipinski definition) is 3. The average molecular weight is 320 g/mol. The predicted molar refractivity (Wildman–Crippen MR) is 92.7 cm³/mol. The van der Waals surface area contributed by atoms with Gasteiger partial charge in [-0.15, -0.1) is 0 Å². The van der Waals surface area contributed by atoms with E-state index in [2.05, 4.69) is 6.92 Å². The Morgan fingerprint density at radius 1 is 0.545 bits per heavy atom. The molecule has 0 aromatic rings. The number of rotatable bonds is 17. The molecule has 0 heterocycles. The normalized spacial score (nSPS) is 10.9. The summed E-state index contributed by atoms with van der Waals surface area (Å²) >= 11 is 0. The van der Waals surface area contributed by atoms with Crippen LogP contribution in [0.4, 0.5) is 0 Å². The molecule has 0 saturated carbocycles. The van der Waals surface area contributed by atoms with Crippen molar-refractivity contribution in [3.63, 3.8) is 0 Å². The Morgan fingerprint density at radius 2 is 0.909 bits per heavy atom. The second kappa shape index (κ2) is 20.8. The van der Waals surface area contributed by atoms with E-state index in [1.54, 1.807) is 0 Å². The van der Waals surface area contributed by atoms with Crippen molar-refractivity contribution in [1.82, 2.24) is 0 Å². The summed E-state index contributed by atoms with van der Waals surface area (Å²) in [6.07, 6.45) is 16.5. The Hall–Kier alpha value is -0.160. The molecule has 22 heavy (non-hydrogen) atoms. The minimum Gasteiger partial charge on any atom is -0.870 e. The highest BCUT2D eigenvalue weighted by molar-refractivity contribution is 4.48. The molecule has 0 fully saturated rings. The van der Waals surface area contributed by atoms with Gasteiger partial charge in [0.15, 0.2) is 0 Å². The van der Waals surface area contributed by atoms with Crippen molar-refractivity contribution in [3.8, 4) is 0 Å². The molecule has 0 aliphatic heterocycles. The van der Waals surface area contributed by atoms with Gasteiger partial charge in [-0.1, -0.05) is 71.1 Å². The summed E-state index contributed by atoms with van der Waals surface area (Å²) in [7, 11) is 0. The Balaban J connectivity index is 0. The van der Waals surface area contributed by atoms with Gasteiger partial charge < -0.3 is 20.6 Å². The summed E-state index contributed by atoms with van der Waals surface area (Å²) in [5.41, 5.74) is 0. The van der Waals surface area contributed by atoms with Crippen LogP contribution < -0.4 is 4.90 Å². The summed E-state index contributed by atoms with van der Waals surface area (Å²) in [5.74, 6) is 0. The second-order valence-electron chi connectivity index (χ2n) is 6.34. The molecule has 0 radical (unpaired) electrons. The van der Waals surface area contributed by atoms with Crippen LogP contribution >= 0.6 is 0 Å². The molecular weight excluding hydrogens is 278 g/mol. The van der Waals surface area contributed by atoms with Crippen LogP contribution in [-0.4, -0.2) is 48.5 Å². The maximum atomic E-state index is 8.95. The van der Waals surface area contributed by atoms with Gasteiger partial charge in [-0.2, -0.15) is 0 Å². The second-order valence-corrected chi connectivity index (χ2v) is 6.34. The van der Waals surface area contributed by atoms with Crippen LogP contribution in [0.15, 0.2) is 0 Å². The topological polar surface area (TPSA) is 74.9 Å². The molecular formula is C18H41NO3. The van der Waals surface area contributed by atoms with Gasteiger partial charge >= 0.3 is 0 Å². The summed E-state index contributed by atoms with van der Waals surface area (Å²) in [4.78, 5) is 1.34. The van der Waals surface area contributed by atoms with Crippen LogP contribution in [0.25, 0.3) is 0 Å². The Labute approximate surface area is 138 Å². The lowest BCUT2D eigenvalue weighted by molar-refractivity contribution is -0.901. The lowest BCUT2D eigenvalue weighted by Gasteiger charge is -2.17. The van der Waals surface area contributed by atoms with E-state index in [0.29, 0.717) is 0 Å². The molecule has 0 aromatic heterocycles. The van der Waals surface area contributed by atoms with Gasteiger partial charge in [0.05, 0.1) is 19.8 Å². The average Bonchev–Trinajstić information content (AvgIpc) is 2.48. The molecule has 0 amide bonds. The van der Waals surface area contributed by atoms with Crippen molar-refractivity contribution in [1.29, 1.82) is 0 Å². The molecule has 0 bridgehead atoms. The summed E-state index contributed by atoms with van der Waals surface area (Å²) in [5, 5.41) is 17.9. The monoisotopic (exact) mass is 319 g/mol. The molecule has 0 unspecified atom stereocenters. The van der Waals surface area contributed by atoms with Crippen LogP contribution in [0.5, 0.6) is 0 Å². The quantitative estimate of drug-likeness (QED) is 0.360. The molecule has 0 aliphatic carbocycles. The first-order valence-electron chi connectivity index (χ1n) is 9.40. The zero-order valence-corrected chi connectivity index (χ0v) is 14.9. The SMILES string of the molecule is CCCCCCCCCCCCCC[NH+](CCO)CCO.[OH-]. The zero-order chi connectivity index (χ0) is 15.6. The largest absolute Gasteiger partial charge is 0.870 e. The molecule has 4 heteroatoms. The van der Waals surface area contributed by atoms with E-state index in [4.69, 9.17) is 10.2 Å². The fourth-order valence-electron chi connectivity index (χ4n) is 2.91. The number of aliphatic hydroxyl groups is 2. The Bertz CT molecular complexity index is 185. The number of nitrogens with one attached hydrogen (secondary N) is 1. The predicted octanol–water partition coefficient (Wildman–Crippen LogP) is 2.38. The lowest BCUT2D eigenvalue weighted by atomic mass is 10.1. The summed E-state index contributed by atoms with van der Waals surface area (Å²) < 4.78 is 0. The van der Waals surface area contributed by atoms with Crippen LogP contribution in [0.1, 0.15) is 84.0 Å². The molecule has 4 nitrogen and oxygen atoms in total. The number of aliphatic hydroxyl groups excluding tert-OH is 2. The highest BCUT2D eigenvalue weighted by atomic mass is 16.3. The fourth-order valence-corrected chi connectivity index (χ4v) is 2.91. The number of hydrogen-bond donors (Lipinski definition) is 3. The maximum Gasteiger partial charge on any atom is 0.101 e. The van der Waals surface area contributed by atoms with Gasteiger partial charge in [0, 0.05) is 0 Å². The number of unbranched alkanes of at least 4 members (excludes halogenated alkanes) is 11. The lowest BCUT2D eigenvalue weighted by Crippen LogP contribution is -3.13. The summed E-state index contributed by atoms with van der Waals surface area (Å²) in [6.45, 7) is 5.38. The zero-order valence-electron chi connectivity index (χ0n) is 14.9. The van der Waals surface area contributed by atoms with Crippen LogP contribution in [0.2, 0.25) is 0 Å². The summed E-state index contributed by atoms with van der Waals surface area (Å²) in [6, 6.07) is 0. The van der Waals surface area contributed by atoms with E-state index in [9.17, 15) is 0 Å². The fraction of sp³-hybridized carbons (Fsp3) is 1.00. The maximum absolute atomic E-state index is 8.95. The van der Waals surface area contributed by atoms with Gasteiger partial charge in [0.2, 0.25) is 0 Å². The molecule has 136 valence electrons. The van der Waals surface area contributed by atoms with Crippen molar-refractivity contribution < 1.29 is 20.6 Å². The van der Waals surface area contributed by atoms with Crippen molar-refractivity contribution in [2.45, 2.75) is 84.0 Å². The van der Waals surface area contributed by atoms with E-state index in [-0.39, 0.29) is 18.7 Å². The first-order chi connectivity index (χ1) is 10.3. The van der Waals surface area contributed by atoms with Gasteiger partial charge in [0.1, 0.15) is 13.1 Å². The standard InChI is InChI=1S/C18H39NO2.H2O/c1-2-3-4-5-6-7-8-9-10-11-12-13-14-19(15-17-20)16-18-21;/h20-21H,2-18H2,1H3;1H2. The van der Waals surface area contributed by atoms with Crippen molar-refractivity contribution in [2.75, 3.05) is 32.8 Å². The van der Waals surface area contributed by atoms with Crippen molar-refractivity contribution >= 4 is 0 Å². The van der Waals surface area contributed by atoms with Crippen LogP contribution in [0, 0.1) is 0 Å². The van der Waals surface area contributed by atoms with Gasteiger partial charge in [-0.3, -0.25) is 0 Å². The molecule has 0 atom stereocenters. The first kappa shape index (κ1) is 24.1. The first-order valence-corrected chi connectivity index (χ1v) is 9.40. The molecule has 0 aromatic carbocycles. The minimum absolute atomic E-state index is 0. The number of quaternary nitrogens is 1. The van der Waals surface area contributed by atoms with E-state index < -0.39 is 0 Å². The van der Waals surface area contributed by atoms with E-state index in [0.717, 1.165) is 19.6 Å². The van der Waals surface area contributed by atoms with Gasteiger partial charge in [-0.05, 0) is 12.8 Å². The van der Waals surface area contributed by atoms with Crippen molar-refractivity contribution in [3.05, 3.63) is 0 Å². The molecule has 0 saturated heterocycles. The highest BCUT2D eigenvalue weighted by Crippen LogP contribution is 2.11. The van der Waals surface area contributed by atoms with E-state index in [1.165, 1.54) is 81.9 Å². The molecule has 0 rings (SSSR count). The van der Waals surface area contributed by atoms with Crippen LogP contribution in [0.3, 0.4) is 0 Å². The van der Waals surface area contributed by atoms with E-state index in [1.807, 2.05) is 0 Å². The van der Waals surface area contributed by atoms with Crippen molar-refractivity contribution in [2.24, 2.45) is 0 Å². The Morgan fingerprint density at radius 3 is 1.27 bits per heavy atom. The smallest absolute Gasteiger partial charge is 0.101 e.